The van der Waals surface area contributed by atoms with E-state index in [1.807, 2.05) is 13.8 Å². The van der Waals surface area contributed by atoms with Crippen molar-refractivity contribution in [1.82, 2.24) is 9.78 Å². The van der Waals surface area contributed by atoms with Crippen molar-refractivity contribution in [3.05, 3.63) is 46.2 Å². The fourth-order valence-electron chi connectivity index (χ4n) is 2.32. The van der Waals surface area contributed by atoms with Crippen molar-refractivity contribution in [2.75, 3.05) is 5.32 Å². The predicted molar refractivity (Wildman–Crippen MR) is 85.8 cm³/mol. The van der Waals surface area contributed by atoms with E-state index in [4.69, 9.17) is 16.9 Å². The lowest BCUT2D eigenvalue weighted by Gasteiger charge is -2.17. The molecule has 1 aromatic heterocycles. The van der Waals surface area contributed by atoms with Gasteiger partial charge >= 0.3 is 0 Å². The highest BCUT2D eigenvalue weighted by Gasteiger charge is 2.23. The topological polar surface area (TPSA) is 70.7 Å². The highest BCUT2D eigenvalue weighted by Crippen LogP contribution is 2.25. The maximum Gasteiger partial charge on any atom is 0.249 e. The van der Waals surface area contributed by atoms with Crippen molar-refractivity contribution < 1.29 is 4.79 Å². The maximum atomic E-state index is 12.6. The number of nitrogens with zero attached hydrogens (tertiary/aromatic N) is 3. The van der Waals surface area contributed by atoms with Crippen molar-refractivity contribution in [3.63, 3.8) is 0 Å². The number of aromatic nitrogens is 2. The van der Waals surface area contributed by atoms with E-state index in [-0.39, 0.29) is 5.91 Å². The number of benzene rings is 1. The van der Waals surface area contributed by atoms with Gasteiger partial charge in [-0.15, -0.1) is 0 Å². The molecule has 22 heavy (non-hydrogen) atoms. The standard InChI is InChI=1S/C16H17ClN4O/c1-4-14(21-11(3)15(17)10(2)20-21)16(22)19-13-8-6-5-7-12(13)9-18/h5-8,14H,4H2,1-3H3,(H,19,22)/t14-/m0/s1. The summed E-state index contributed by atoms with van der Waals surface area (Å²) in [7, 11) is 0. The van der Waals surface area contributed by atoms with Crippen molar-refractivity contribution in [2.24, 2.45) is 0 Å². The van der Waals surface area contributed by atoms with E-state index in [0.29, 0.717) is 28.4 Å². The molecule has 0 spiro atoms. The quantitative estimate of drug-likeness (QED) is 0.936. The number of hydrogen-bond donors (Lipinski definition) is 1. The number of aryl methyl sites for hydroxylation is 1. The lowest BCUT2D eigenvalue weighted by molar-refractivity contribution is -0.119. The van der Waals surface area contributed by atoms with Gasteiger partial charge in [-0.2, -0.15) is 10.4 Å². The van der Waals surface area contributed by atoms with Gasteiger partial charge in [0.05, 0.1) is 27.7 Å². The van der Waals surface area contributed by atoms with Gasteiger partial charge in [0, 0.05) is 0 Å². The van der Waals surface area contributed by atoms with Gasteiger partial charge in [0.1, 0.15) is 12.1 Å². The van der Waals surface area contributed by atoms with Crippen LogP contribution in [0.5, 0.6) is 0 Å². The molecular formula is C16H17ClN4O. The predicted octanol–water partition coefficient (Wildman–Crippen LogP) is 3.61. The second-order valence-corrected chi connectivity index (χ2v) is 5.38. The van der Waals surface area contributed by atoms with Gasteiger partial charge in [0.25, 0.3) is 0 Å². The zero-order valence-electron chi connectivity index (χ0n) is 12.7. The van der Waals surface area contributed by atoms with Crippen LogP contribution in [0.25, 0.3) is 0 Å². The molecule has 1 aromatic carbocycles. The Morgan fingerprint density at radius 1 is 1.45 bits per heavy atom. The lowest BCUT2D eigenvalue weighted by atomic mass is 10.1. The van der Waals surface area contributed by atoms with Crippen molar-refractivity contribution in [2.45, 2.75) is 33.2 Å². The molecule has 0 aliphatic rings. The normalized spacial score (nSPS) is 11.8. The van der Waals surface area contributed by atoms with Crippen LogP contribution < -0.4 is 5.32 Å². The van der Waals surface area contributed by atoms with Gasteiger partial charge < -0.3 is 5.32 Å². The van der Waals surface area contributed by atoms with E-state index in [2.05, 4.69) is 16.5 Å². The Balaban J connectivity index is 2.30. The minimum absolute atomic E-state index is 0.215. The highest BCUT2D eigenvalue weighted by molar-refractivity contribution is 6.31. The highest BCUT2D eigenvalue weighted by atomic mass is 35.5. The summed E-state index contributed by atoms with van der Waals surface area (Å²) in [5.41, 5.74) is 2.38. The molecule has 1 N–H and O–H groups in total. The molecule has 0 saturated heterocycles. The van der Waals surface area contributed by atoms with Crippen molar-refractivity contribution in [1.29, 1.82) is 5.26 Å². The monoisotopic (exact) mass is 316 g/mol. The third kappa shape index (κ3) is 2.97. The number of carbonyl (C=O) groups excluding carboxylic acids is 1. The summed E-state index contributed by atoms with van der Waals surface area (Å²) in [5.74, 6) is -0.215. The number of carbonyl (C=O) groups is 1. The van der Waals surface area contributed by atoms with Gasteiger partial charge in [-0.1, -0.05) is 30.7 Å². The Labute approximate surface area is 134 Å². The molecule has 0 bridgehead atoms. The SMILES string of the molecule is CC[C@@H](C(=O)Nc1ccccc1C#N)n1nc(C)c(Cl)c1C. The fourth-order valence-corrected chi connectivity index (χ4v) is 2.45. The van der Waals surface area contributed by atoms with Gasteiger partial charge in [-0.05, 0) is 32.4 Å². The number of rotatable bonds is 4. The van der Waals surface area contributed by atoms with E-state index in [1.54, 1.807) is 35.9 Å². The minimum atomic E-state index is -0.474. The molecule has 0 aliphatic carbocycles. The molecule has 0 fully saturated rings. The van der Waals surface area contributed by atoms with Crippen LogP contribution in [0.4, 0.5) is 5.69 Å². The zero-order valence-corrected chi connectivity index (χ0v) is 13.5. The Hall–Kier alpha value is -2.32. The molecule has 5 nitrogen and oxygen atoms in total. The Morgan fingerprint density at radius 3 is 2.68 bits per heavy atom. The van der Waals surface area contributed by atoms with E-state index < -0.39 is 6.04 Å². The van der Waals surface area contributed by atoms with Crippen LogP contribution in [-0.2, 0) is 4.79 Å². The summed E-state index contributed by atoms with van der Waals surface area (Å²) in [5, 5.41) is 16.8. The summed E-state index contributed by atoms with van der Waals surface area (Å²) in [6, 6.07) is 8.49. The summed E-state index contributed by atoms with van der Waals surface area (Å²) >= 11 is 6.15. The lowest BCUT2D eigenvalue weighted by Crippen LogP contribution is -2.27. The first kappa shape index (κ1) is 16.1. The van der Waals surface area contributed by atoms with Gasteiger partial charge in [-0.25, -0.2) is 0 Å². The Morgan fingerprint density at radius 2 is 2.14 bits per heavy atom. The number of halogens is 1. The van der Waals surface area contributed by atoms with Crippen LogP contribution in [0, 0.1) is 25.2 Å². The molecule has 0 aliphatic heterocycles. The molecule has 0 unspecified atom stereocenters. The molecule has 2 rings (SSSR count). The second kappa shape index (κ2) is 6.63. The smallest absolute Gasteiger partial charge is 0.249 e. The number of anilines is 1. The Bertz CT molecular complexity index is 745. The molecule has 0 radical (unpaired) electrons. The Kier molecular flexibility index (Phi) is 4.84. The van der Waals surface area contributed by atoms with Crippen LogP contribution in [0.2, 0.25) is 5.02 Å². The van der Waals surface area contributed by atoms with Gasteiger partial charge in [0.15, 0.2) is 0 Å². The third-order valence-corrected chi connectivity index (χ3v) is 4.07. The van der Waals surface area contributed by atoms with E-state index in [9.17, 15) is 4.79 Å². The van der Waals surface area contributed by atoms with Crippen LogP contribution in [0.3, 0.4) is 0 Å². The number of para-hydroxylation sites is 1. The average molecular weight is 317 g/mol. The van der Waals surface area contributed by atoms with Crippen LogP contribution in [0.15, 0.2) is 24.3 Å². The average Bonchev–Trinajstić information content (AvgIpc) is 2.76. The number of hydrogen-bond acceptors (Lipinski definition) is 3. The molecule has 1 heterocycles. The second-order valence-electron chi connectivity index (χ2n) is 5.00. The summed E-state index contributed by atoms with van der Waals surface area (Å²) in [6.07, 6.45) is 0.568. The third-order valence-electron chi connectivity index (χ3n) is 3.53. The summed E-state index contributed by atoms with van der Waals surface area (Å²) in [6.45, 7) is 5.55. The van der Waals surface area contributed by atoms with Crippen LogP contribution >= 0.6 is 11.6 Å². The van der Waals surface area contributed by atoms with E-state index in [0.717, 1.165) is 5.69 Å². The van der Waals surface area contributed by atoms with Gasteiger partial charge in [-0.3, -0.25) is 9.48 Å². The van der Waals surface area contributed by atoms with Crippen molar-refractivity contribution in [3.8, 4) is 6.07 Å². The molecule has 2 aromatic rings. The number of nitriles is 1. The van der Waals surface area contributed by atoms with Crippen LogP contribution in [-0.4, -0.2) is 15.7 Å². The molecule has 6 heteroatoms. The zero-order chi connectivity index (χ0) is 16.3. The first-order chi connectivity index (χ1) is 10.5. The first-order valence-electron chi connectivity index (χ1n) is 7.00. The summed E-state index contributed by atoms with van der Waals surface area (Å²) in [4.78, 5) is 12.6. The maximum absolute atomic E-state index is 12.6. The van der Waals surface area contributed by atoms with E-state index in [1.165, 1.54) is 0 Å². The van der Waals surface area contributed by atoms with Crippen LogP contribution in [0.1, 0.15) is 36.3 Å². The van der Waals surface area contributed by atoms with Gasteiger partial charge in [0.2, 0.25) is 5.91 Å². The van der Waals surface area contributed by atoms with E-state index >= 15 is 0 Å². The molecule has 0 saturated carbocycles. The first-order valence-corrected chi connectivity index (χ1v) is 7.38. The molecule has 1 amide bonds. The molecular weight excluding hydrogens is 300 g/mol. The number of amides is 1. The molecule has 1 atom stereocenters. The van der Waals surface area contributed by atoms with Crippen molar-refractivity contribution >= 4 is 23.2 Å². The minimum Gasteiger partial charge on any atom is -0.323 e. The number of nitrogens with one attached hydrogen (secondary N) is 1. The fraction of sp³-hybridized carbons (Fsp3) is 0.312. The molecule has 114 valence electrons. The summed E-state index contributed by atoms with van der Waals surface area (Å²) < 4.78 is 1.64. The largest absolute Gasteiger partial charge is 0.323 e.